The summed E-state index contributed by atoms with van der Waals surface area (Å²) in [6, 6.07) is 2.06. The van der Waals surface area contributed by atoms with Gasteiger partial charge in [0.1, 0.15) is 5.82 Å². The number of carbonyl (C=O) groups is 1. The molecule has 2 heterocycles. The highest BCUT2D eigenvalue weighted by molar-refractivity contribution is 5.99. The molecule has 1 atom stereocenters. The highest BCUT2D eigenvalue weighted by Gasteiger charge is 2.27. The van der Waals surface area contributed by atoms with Crippen LogP contribution in [0.5, 0.6) is 0 Å². The minimum Gasteiger partial charge on any atom is -0.357 e. The number of fused-ring (bicyclic) bond motifs is 1. The summed E-state index contributed by atoms with van der Waals surface area (Å²) in [6.45, 7) is 6.75. The summed E-state index contributed by atoms with van der Waals surface area (Å²) in [5, 5.41) is 2.85. The van der Waals surface area contributed by atoms with Gasteiger partial charge in [-0.2, -0.15) is 0 Å². The first kappa shape index (κ1) is 13.8. The molecule has 1 amide bonds. The van der Waals surface area contributed by atoms with Crippen LogP contribution in [0.25, 0.3) is 0 Å². The Labute approximate surface area is 114 Å². The Bertz CT molecular complexity index is 498. The largest absolute Gasteiger partial charge is 0.357 e. The Morgan fingerprint density at radius 1 is 1.53 bits per heavy atom. The maximum absolute atomic E-state index is 11.9. The summed E-state index contributed by atoms with van der Waals surface area (Å²) in [6.07, 6.45) is 0.808. The number of aromatic nitrogens is 1. The van der Waals surface area contributed by atoms with Crippen molar-refractivity contribution in [3.8, 4) is 0 Å². The molecule has 0 aromatic carbocycles. The predicted octanol–water partition coefficient (Wildman–Crippen LogP) is 1.58. The quantitative estimate of drug-likeness (QED) is 0.864. The maximum atomic E-state index is 11.9. The second-order valence-corrected chi connectivity index (χ2v) is 5.29. The maximum Gasteiger partial charge on any atom is 0.252 e. The fourth-order valence-electron chi connectivity index (χ4n) is 2.17. The molecule has 3 N–H and O–H groups in total. The molecular formula is C14H22N4O. The molecule has 1 aliphatic rings. The van der Waals surface area contributed by atoms with E-state index in [1.54, 1.807) is 0 Å². The first-order valence-electron chi connectivity index (χ1n) is 6.76. The van der Waals surface area contributed by atoms with E-state index in [4.69, 9.17) is 5.73 Å². The number of carbonyl (C=O) groups excluding carboxylic acids is 1. The van der Waals surface area contributed by atoms with E-state index in [0.29, 0.717) is 12.6 Å². The topological polar surface area (TPSA) is 71.2 Å². The number of rotatable bonds is 4. The zero-order valence-corrected chi connectivity index (χ0v) is 12.0. The lowest BCUT2D eigenvalue weighted by atomic mass is 10.0. The molecule has 0 saturated carbocycles. The van der Waals surface area contributed by atoms with Gasteiger partial charge in [-0.3, -0.25) is 4.79 Å². The van der Waals surface area contributed by atoms with Gasteiger partial charge in [0.05, 0.1) is 5.69 Å². The van der Waals surface area contributed by atoms with Gasteiger partial charge in [-0.1, -0.05) is 6.92 Å². The molecule has 5 nitrogen and oxygen atoms in total. The lowest BCUT2D eigenvalue weighted by molar-refractivity contribution is 0.0965. The second-order valence-electron chi connectivity index (χ2n) is 5.29. The van der Waals surface area contributed by atoms with Gasteiger partial charge in [-0.15, -0.1) is 0 Å². The number of nitrogens with two attached hydrogens (primary N) is 1. The molecule has 1 aliphatic heterocycles. The molecular weight excluding hydrogens is 240 g/mol. The molecule has 0 fully saturated rings. The molecule has 0 aliphatic carbocycles. The molecule has 5 heteroatoms. The van der Waals surface area contributed by atoms with Crippen LogP contribution in [0.1, 0.15) is 54.8 Å². The number of hydrogen-bond acceptors (Lipinski definition) is 4. The van der Waals surface area contributed by atoms with Crippen LogP contribution in [-0.2, 0) is 6.54 Å². The van der Waals surface area contributed by atoms with Crippen molar-refractivity contribution < 1.29 is 4.79 Å². The van der Waals surface area contributed by atoms with E-state index >= 15 is 0 Å². The number of hydrogen-bond donors (Lipinski definition) is 2. The van der Waals surface area contributed by atoms with E-state index < -0.39 is 0 Å². The zero-order valence-electron chi connectivity index (χ0n) is 12.0. The van der Waals surface area contributed by atoms with Gasteiger partial charge in [0.25, 0.3) is 5.91 Å². The third-order valence-electron chi connectivity index (χ3n) is 3.74. The smallest absolute Gasteiger partial charge is 0.252 e. The third-order valence-corrected chi connectivity index (χ3v) is 3.74. The average Bonchev–Trinajstić information content (AvgIpc) is 2.77. The Balaban J connectivity index is 2.54. The fourth-order valence-corrected chi connectivity index (χ4v) is 2.17. The van der Waals surface area contributed by atoms with Crippen molar-refractivity contribution >= 4 is 11.7 Å². The van der Waals surface area contributed by atoms with Crippen molar-refractivity contribution in [2.75, 3.05) is 11.9 Å². The zero-order chi connectivity index (χ0) is 14.2. The van der Waals surface area contributed by atoms with Gasteiger partial charge in [-0.25, -0.2) is 4.98 Å². The molecule has 1 aromatic heterocycles. The Morgan fingerprint density at radius 2 is 2.21 bits per heavy atom. The van der Waals surface area contributed by atoms with Crippen LogP contribution in [0, 0.1) is 0 Å². The number of pyridine rings is 1. The van der Waals surface area contributed by atoms with E-state index in [1.165, 1.54) is 0 Å². The van der Waals surface area contributed by atoms with Gasteiger partial charge >= 0.3 is 0 Å². The van der Waals surface area contributed by atoms with E-state index in [-0.39, 0.29) is 11.9 Å². The van der Waals surface area contributed by atoms with Crippen molar-refractivity contribution in [2.45, 2.75) is 45.8 Å². The number of amides is 1. The minimum absolute atomic E-state index is 0.0274. The van der Waals surface area contributed by atoms with Crippen molar-refractivity contribution in [3.63, 3.8) is 0 Å². The Kier molecular flexibility index (Phi) is 3.75. The van der Waals surface area contributed by atoms with Crippen molar-refractivity contribution in [3.05, 3.63) is 22.9 Å². The highest BCUT2D eigenvalue weighted by atomic mass is 16.1. The summed E-state index contributed by atoms with van der Waals surface area (Å²) in [7, 11) is 1.98. The molecule has 19 heavy (non-hydrogen) atoms. The van der Waals surface area contributed by atoms with Gasteiger partial charge in [-0.05, 0) is 26.3 Å². The van der Waals surface area contributed by atoms with Crippen LogP contribution in [0.2, 0.25) is 0 Å². The average molecular weight is 262 g/mol. The summed E-state index contributed by atoms with van der Waals surface area (Å²) in [5.41, 5.74) is 8.66. The van der Waals surface area contributed by atoms with Crippen molar-refractivity contribution in [2.24, 2.45) is 5.73 Å². The van der Waals surface area contributed by atoms with E-state index in [2.05, 4.69) is 29.0 Å². The Hall–Kier alpha value is -1.62. The summed E-state index contributed by atoms with van der Waals surface area (Å²) >= 11 is 0. The van der Waals surface area contributed by atoms with Crippen molar-refractivity contribution in [1.29, 1.82) is 0 Å². The molecule has 0 spiro atoms. The first-order valence-corrected chi connectivity index (χ1v) is 6.76. The van der Waals surface area contributed by atoms with Gasteiger partial charge in [0.2, 0.25) is 0 Å². The van der Waals surface area contributed by atoms with E-state index in [0.717, 1.165) is 29.1 Å². The SMILES string of the molecule is CC[C@@H](N)c1nc(N(C)C(C)C)cc2c1CNC2=O. The molecule has 2 rings (SSSR count). The minimum atomic E-state index is -0.123. The lowest BCUT2D eigenvalue weighted by Gasteiger charge is -2.25. The fraction of sp³-hybridized carbons (Fsp3) is 0.571. The predicted molar refractivity (Wildman–Crippen MR) is 76.2 cm³/mol. The molecule has 0 bridgehead atoms. The lowest BCUT2D eigenvalue weighted by Crippen LogP contribution is -2.28. The first-order chi connectivity index (χ1) is 8.95. The van der Waals surface area contributed by atoms with Crippen LogP contribution in [0.15, 0.2) is 6.07 Å². The number of nitrogens with one attached hydrogen (secondary N) is 1. The molecule has 104 valence electrons. The molecule has 0 unspecified atom stereocenters. The monoisotopic (exact) mass is 262 g/mol. The summed E-state index contributed by atoms with van der Waals surface area (Å²) in [4.78, 5) is 18.6. The van der Waals surface area contributed by atoms with Crippen LogP contribution in [-0.4, -0.2) is 24.0 Å². The van der Waals surface area contributed by atoms with Crippen LogP contribution in [0.4, 0.5) is 5.82 Å². The highest BCUT2D eigenvalue weighted by Crippen LogP contribution is 2.28. The third kappa shape index (κ3) is 2.42. The number of anilines is 1. The summed E-state index contributed by atoms with van der Waals surface area (Å²) in [5.74, 6) is 0.782. The van der Waals surface area contributed by atoms with Gasteiger partial charge < -0.3 is 16.0 Å². The van der Waals surface area contributed by atoms with Crippen LogP contribution in [0.3, 0.4) is 0 Å². The van der Waals surface area contributed by atoms with Gasteiger partial charge in [0.15, 0.2) is 0 Å². The Morgan fingerprint density at radius 3 is 2.79 bits per heavy atom. The molecule has 0 radical (unpaired) electrons. The second kappa shape index (κ2) is 5.17. The van der Waals surface area contributed by atoms with Crippen molar-refractivity contribution in [1.82, 2.24) is 10.3 Å². The van der Waals surface area contributed by atoms with Crippen LogP contribution >= 0.6 is 0 Å². The van der Waals surface area contributed by atoms with Gasteiger partial charge in [0, 0.05) is 36.8 Å². The standard InChI is InChI=1S/C14H22N4O/c1-5-11(15)13-10-7-16-14(19)9(10)6-12(17-13)18(4)8(2)3/h6,8,11H,5,7,15H2,1-4H3,(H,16,19)/t11-/m1/s1. The molecule has 0 saturated heterocycles. The van der Waals surface area contributed by atoms with E-state index in [1.807, 2.05) is 20.0 Å². The molecule has 1 aromatic rings. The van der Waals surface area contributed by atoms with E-state index in [9.17, 15) is 4.79 Å². The normalized spacial score (nSPS) is 15.4. The number of nitrogens with zero attached hydrogens (tertiary/aromatic N) is 2. The summed E-state index contributed by atoms with van der Waals surface area (Å²) < 4.78 is 0. The van der Waals surface area contributed by atoms with Crippen LogP contribution < -0.4 is 16.0 Å².